The molecule has 0 unspecified atom stereocenters. The zero-order chi connectivity index (χ0) is 15.0. The molecule has 0 radical (unpaired) electrons. The number of hydrogen-bond acceptors (Lipinski definition) is 4. The number of nitrogens with zero attached hydrogens (tertiary/aromatic N) is 2. The molecule has 0 bridgehead atoms. The largest absolute Gasteiger partial charge is 0.475 e. The van der Waals surface area contributed by atoms with Gasteiger partial charge in [0.15, 0.2) is 0 Å². The molecular weight excluding hydrogens is 268 g/mol. The number of aryl methyl sites for hydroxylation is 1. The first-order chi connectivity index (χ1) is 10.1. The molecule has 5 heteroatoms. The molecule has 1 heterocycles. The van der Waals surface area contributed by atoms with Gasteiger partial charge in [-0.2, -0.15) is 5.26 Å². The number of fused-ring (bicyclic) bond motifs is 1. The highest BCUT2D eigenvalue weighted by molar-refractivity contribution is 5.92. The van der Waals surface area contributed by atoms with Gasteiger partial charge in [-0.15, -0.1) is 0 Å². The van der Waals surface area contributed by atoms with Crippen molar-refractivity contribution in [1.29, 1.82) is 5.26 Å². The number of nitriles is 1. The van der Waals surface area contributed by atoms with Crippen molar-refractivity contribution in [2.24, 2.45) is 0 Å². The highest BCUT2D eigenvalue weighted by Crippen LogP contribution is 2.28. The summed E-state index contributed by atoms with van der Waals surface area (Å²) in [6.45, 7) is 1.57. The molecule has 5 nitrogen and oxygen atoms in total. The highest BCUT2D eigenvalue weighted by atomic mass is 16.4. The Balaban J connectivity index is 2.24. The van der Waals surface area contributed by atoms with Crippen LogP contribution in [0.4, 0.5) is 0 Å². The third-order valence-electron chi connectivity index (χ3n) is 3.22. The van der Waals surface area contributed by atoms with Crippen LogP contribution in [-0.4, -0.2) is 16.1 Å². The maximum Gasteiger partial charge on any atom is 0.373 e. The molecule has 3 aromatic rings. The van der Waals surface area contributed by atoms with Crippen LogP contribution in [0.2, 0.25) is 0 Å². The van der Waals surface area contributed by atoms with Gasteiger partial charge in [0.25, 0.3) is 0 Å². The first-order valence-corrected chi connectivity index (χ1v) is 6.24. The monoisotopic (exact) mass is 278 g/mol. The van der Waals surface area contributed by atoms with E-state index in [1.165, 1.54) is 0 Å². The van der Waals surface area contributed by atoms with E-state index in [-0.39, 0.29) is 11.7 Å². The average molecular weight is 278 g/mol. The third kappa shape index (κ3) is 2.13. The van der Waals surface area contributed by atoms with Crippen molar-refractivity contribution in [3.8, 4) is 17.5 Å². The first-order valence-electron chi connectivity index (χ1n) is 6.24. The van der Waals surface area contributed by atoms with Crippen molar-refractivity contribution in [3.05, 3.63) is 53.4 Å². The van der Waals surface area contributed by atoms with E-state index in [0.29, 0.717) is 16.8 Å². The summed E-state index contributed by atoms with van der Waals surface area (Å²) in [6.07, 6.45) is 0. The van der Waals surface area contributed by atoms with Gasteiger partial charge in [0.2, 0.25) is 11.7 Å². The number of oxazole rings is 1. The van der Waals surface area contributed by atoms with Crippen LogP contribution < -0.4 is 0 Å². The number of carbonyl (C=O) groups is 1. The lowest BCUT2D eigenvalue weighted by molar-refractivity contribution is 0.0662. The summed E-state index contributed by atoms with van der Waals surface area (Å²) in [6, 6.07) is 13.1. The van der Waals surface area contributed by atoms with Gasteiger partial charge < -0.3 is 9.52 Å². The molecule has 0 spiro atoms. The lowest BCUT2D eigenvalue weighted by Gasteiger charge is -2.03. The molecule has 0 aliphatic heterocycles. The average Bonchev–Trinajstić information content (AvgIpc) is 2.88. The maximum atomic E-state index is 11.0. The van der Waals surface area contributed by atoms with Crippen molar-refractivity contribution < 1.29 is 14.3 Å². The van der Waals surface area contributed by atoms with Crippen molar-refractivity contribution >= 4 is 16.7 Å². The smallest absolute Gasteiger partial charge is 0.373 e. The van der Waals surface area contributed by atoms with Crippen LogP contribution in [0.5, 0.6) is 0 Å². The van der Waals surface area contributed by atoms with Gasteiger partial charge in [0, 0.05) is 5.56 Å². The molecule has 0 amide bonds. The van der Waals surface area contributed by atoms with Crippen molar-refractivity contribution in [2.75, 3.05) is 0 Å². The third-order valence-corrected chi connectivity index (χ3v) is 3.22. The minimum Gasteiger partial charge on any atom is -0.475 e. The predicted molar refractivity (Wildman–Crippen MR) is 75.9 cm³/mol. The number of hydrogen-bond donors (Lipinski definition) is 1. The summed E-state index contributed by atoms with van der Waals surface area (Å²) in [5.41, 5.74) is 1.39. The van der Waals surface area contributed by atoms with Gasteiger partial charge in [0.05, 0.1) is 17.3 Å². The van der Waals surface area contributed by atoms with Crippen LogP contribution in [0.15, 0.2) is 40.8 Å². The lowest BCUT2D eigenvalue weighted by Crippen LogP contribution is -1.95. The molecule has 102 valence electrons. The Morgan fingerprint density at radius 1 is 1.33 bits per heavy atom. The number of carboxylic acid groups (broad SMARTS) is 1. The Morgan fingerprint density at radius 3 is 2.76 bits per heavy atom. The Kier molecular flexibility index (Phi) is 2.92. The molecule has 2 aromatic carbocycles. The standard InChI is InChI=1S/C16H10N2O3/c1-9-14(16(19)20)21-15(18-9)11-6-10-4-2-3-5-13(10)12(7-11)8-17/h2-7H,1H3,(H,19,20). The van der Waals surface area contributed by atoms with Crippen molar-refractivity contribution in [3.63, 3.8) is 0 Å². The fourth-order valence-corrected chi connectivity index (χ4v) is 2.24. The van der Waals surface area contributed by atoms with Gasteiger partial charge in [-0.25, -0.2) is 9.78 Å². The van der Waals surface area contributed by atoms with E-state index in [0.717, 1.165) is 10.8 Å². The first kappa shape index (κ1) is 12.9. The predicted octanol–water partition coefficient (Wildman–Crippen LogP) is 3.37. The molecule has 0 atom stereocenters. The molecule has 0 saturated heterocycles. The Bertz CT molecular complexity index is 904. The summed E-state index contributed by atoms with van der Waals surface area (Å²) >= 11 is 0. The summed E-state index contributed by atoms with van der Waals surface area (Å²) < 4.78 is 5.29. The number of carboxylic acids is 1. The van der Waals surface area contributed by atoms with Crippen molar-refractivity contribution in [2.45, 2.75) is 6.92 Å². The summed E-state index contributed by atoms with van der Waals surface area (Å²) in [7, 11) is 0. The van der Waals surface area contributed by atoms with E-state index in [4.69, 9.17) is 9.52 Å². The quantitative estimate of drug-likeness (QED) is 0.776. The second kappa shape index (κ2) is 4.76. The fraction of sp³-hybridized carbons (Fsp3) is 0.0625. The van der Waals surface area contributed by atoms with Gasteiger partial charge in [0.1, 0.15) is 0 Å². The van der Waals surface area contributed by atoms with E-state index in [1.807, 2.05) is 30.3 Å². The Morgan fingerprint density at radius 2 is 2.10 bits per heavy atom. The minimum absolute atomic E-state index is 0.184. The molecule has 0 fully saturated rings. The molecular formula is C16H10N2O3. The van der Waals surface area contributed by atoms with Crippen molar-refractivity contribution in [1.82, 2.24) is 4.98 Å². The van der Waals surface area contributed by atoms with E-state index in [9.17, 15) is 10.1 Å². The van der Waals surface area contributed by atoms with Gasteiger partial charge in [-0.1, -0.05) is 24.3 Å². The van der Waals surface area contributed by atoms with Crippen LogP contribution in [0.25, 0.3) is 22.2 Å². The molecule has 0 aliphatic carbocycles. The zero-order valence-electron chi connectivity index (χ0n) is 11.1. The van der Waals surface area contributed by atoms with Crippen LogP contribution in [0, 0.1) is 18.3 Å². The topological polar surface area (TPSA) is 87.1 Å². The van der Waals surface area contributed by atoms with E-state index in [2.05, 4.69) is 11.1 Å². The van der Waals surface area contributed by atoms with Crippen LogP contribution >= 0.6 is 0 Å². The SMILES string of the molecule is Cc1nc(-c2cc(C#N)c3ccccc3c2)oc1C(=O)O. The second-order valence-corrected chi connectivity index (χ2v) is 4.60. The molecule has 1 N–H and O–H groups in total. The van der Waals surface area contributed by atoms with E-state index >= 15 is 0 Å². The molecule has 21 heavy (non-hydrogen) atoms. The molecule has 0 aliphatic rings. The number of aromatic nitrogens is 1. The van der Waals surface area contributed by atoms with Crippen LogP contribution in [0.3, 0.4) is 0 Å². The highest BCUT2D eigenvalue weighted by Gasteiger charge is 2.18. The van der Waals surface area contributed by atoms with Crippen LogP contribution in [-0.2, 0) is 0 Å². The van der Waals surface area contributed by atoms with E-state index < -0.39 is 5.97 Å². The summed E-state index contributed by atoms with van der Waals surface area (Å²) in [4.78, 5) is 15.1. The van der Waals surface area contributed by atoms with Gasteiger partial charge in [-0.05, 0) is 29.8 Å². The Labute approximate surface area is 120 Å². The molecule has 1 aromatic heterocycles. The van der Waals surface area contributed by atoms with E-state index in [1.54, 1.807) is 13.0 Å². The zero-order valence-corrected chi connectivity index (χ0v) is 11.1. The molecule has 3 rings (SSSR count). The fourth-order valence-electron chi connectivity index (χ4n) is 2.24. The minimum atomic E-state index is -1.16. The number of benzene rings is 2. The lowest BCUT2D eigenvalue weighted by atomic mass is 10.0. The Hall–Kier alpha value is -3.13. The van der Waals surface area contributed by atoms with Crippen LogP contribution in [0.1, 0.15) is 21.8 Å². The maximum absolute atomic E-state index is 11.0. The second-order valence-electron chi connectivity index (χ2n) is 4.60. The number of rotatable bonds is 2. The molecule has 0 saturated carbocycles. The summed E-state index contributed by atoms with van der Waals surface area (Å²) in [5.74, 6) is -1.14. The van der Waals surface area contributed by atoms with Gasteiger partial charge >= 0.3 is 5.97 Å². The normalized spacial score (nSPS) is 10.5. The number of aromatic carboxylic acids is 1. The van der Waals surface area contributed by atoms with Gasteiger partial charge in [-0.3, -0.25) is 0 Å². The summed E-state index contributed by atoms with van der Waals surface area (Å²) in [5, 5.41) is 20.0.